The molecule has 0 aromatic heterocycles. The molecule has 0 aliphatic heterocycles. The van der Waals surface area contributed by atoms with Crippen molar-refractivity contribution in [3.05, 3.63) is 88.4 Å². The fourth-order valence-corrected chi connectivity index (χ4v) is 4.25. The summed E-state index contributed by atoms with van der Waals surface area (Å²) in [6.07, 6.45) is 0.198. The molecule has 0 spiro atoms. The van der Waals surface area contributed by atoms with Gasteiger partial charge in [0.25, 0.3) is 15.9 Å². The van der Waals surface area contributed by atoms with Crippen LogP contribution in [-0.4, -0.2) is 31.3 Å². The zero-order valence-corrected chi connectivity index (χ0v) is 19.2. The number of primary amides is 1. The Hall–Kier alpha value is -3.89. The molecule has 34 heavy (non-hydrogen) atoms. The third-order valence-corrected chi connectivity index (χ3v) is 6.38. The predicted octanol–water partition coefficient (Wildman–Crippen LogP) is 3.51. The van der Waals surface area contributed by atoms with E-state index in [9.17, 15) is 22.8 Å². The quantitative estimate of drug-likeness (QED) is 0.351. The third kappa shape index (κ3) is 6.33. The molecule has 0 aliphatic carbocycles. The second-order valence-corrected chi connectivity index (χ2v) is 9.35. The van der Waals surface area contributed by atoms with Crippen molar-refractivity contribution in [2.24, 2.45) is 5.73 Å². The molecule has 176 valence electrons. The van der Waals surface area contributed by atoms with Gasteiger partial charge in [0.05, 0.1) is 16.1 Å². The van der Waals surface area contributed by atoms with Gasteiger partial charge in [-0.25, -0.2) is 8.42 Å². The minimum atomic E-state index is -4.06. The number of hydrogen-bond acceptors (Lipinski definition) is 5. The molecular formula is C23H20ClN3O6S. The van der Waals surface area contributed by atoms with Crippen LogP contribution in [0.15, 0.2) is 71.6 Å². The molecule has 0 fully saturated rings. The Labute approximate surface area is 200 Å². The molecular weight excluding hydrogens is 482 g/mol. The number of aryl methyl sites for hydroxylation is 1. The van der Waals surface area contributed by atoms with E-state index in [0.29, 0.717) is 11.3 Å². The summed E-state index contributed by atoms with van der Waals surface area (Å²) in [7, 11) is -4.06. The summed E-state index contributed by atoms with van der Waals surface area (Å²) in [4.78, 5) is 34.7. The van der Waals surface area contributed by atoms with Gasteiger partial charge in [-0.3, -0.25) is 19.1 Å². The van der Waals surface area contributed by atoms with E-state index in [1.165, 1.54) is 66.7 Å². The van der Waals surface area contributed by atoms with E-state index in [4.69, 9.17) is 22.4 Å². The molecule has 0 atom stereocenters. The second-order valence-electron chi connectivity index (χ2n) is 7.23. The lowest BCUT2D eigenvalue weighted by atomic mass is 10.1. The number of nitrogens with two attached hydrogens (primary N) is 1. The normalized spacial score (nSPS) is 11.0. The minimum absolute atomic E-state index is 0.00519. The molecule has 0 heterocycles. The van der Waals surface area contributed by atoms with Gasteiger partial charge >= 0.3 is 5.97 Å². The Morgan fingerprint density at radius 1 is 0.941 bits per heavy atom. The van der Waals surface area contributed by atoms with Crippen molar-refractivity contribution in [1.82, 2.24) is 0 Å². The Balaban J connectivity index is 1.81. The van der Waals surface area contributed by atoms with Gasteiger partial charge in [0.1, 0.15) is 0 Å². The maximum Gasteiger partial charge on any atom is 0.303 e. The molecule has 0 radical (unpaired) electrons. The molecule has 0 unspecified atom stereocenters. The molecule has 0 saturated carbocycles. The van der Waals surface area contributed by atoms with Crippen LogP contribution >= 0.6 is 11.6 Å². The summed E-state index contributed by atoms with van der Waals surface area (Å²) >= 11 is 6.03. The largest absolute Gasteiger partial charge is 0.481 e. The number of amides is 2. The SMILES string of the molecule is NC(=O)c1ccc(NC(=O)c2cc(Cl)ccc2NS(=O)(=O)c2ccc(CCC(=O)O)cc2)cc1. The molecule has 3 aromatic carbocycles. The lowest BCUT2D eigenvalue weighted by Gasteiger charge is -2.14. The first-order valence-corrected chi connectivity index (χ1v) is 11.8. The lowest BCUT2D eigenvalue weighted by molar-refractivity contribution is -0.136. The number of halogens is 1. The Morgan fingerprint density at radius 3 is 2.18 bits per heavy atom. The standard InChI is InChI=1S/C23H20ClN3O6S/c24-16-6-11-20(19(13-16)23(31)26-17-7-4-15(5-8-17)22(25)30)27-34(32,33)18-9-1-14(2-10-18)3-12-21(28)29/h1-2,4-11,13,27H,3,12H2,(H2,25,30)(H,26,31)(H,28,29). The lowest BCUT2D eigenvalue weighted by Crippen LogP contribution is -2.19. The van der Waals surface area contributed by atoms with Gasteiger partial charge in [0.15, 0.2) is 0 Å². The monoisotopic (exact) mass is 501 g/mol. The number of benzene rings is 3. The smallest absolute Gasteiger partial charge is 0.303 e. The minimum Gasteiger partial charge on any atom is -0.481 e. The van der Waals surface area contributed by atoms with Crippen molar-refractivity contribution in [2.45, 2.75) is 17.7 Å². The summed E-state index contributed by atoms with van der Waals surface area (Å²) in [6.45, 7) is 0. The first-order chi connectivity index (χ1) is 16.0. The number of anilines is 2. The number of carbonyl (C=O) groups is 3. The summed E-state index contributed by atoms with van der Waals surface area (Å²) in [5.74, 6) is -2.19. The molecule has 0 bridgehead atoms. The third-order valence-electron chi connectivity index (χ3n) is 4.76. The van der Waals surface area contributed by atoms with Crippen molar-refractivity contribution in [3.8, 4) is 0 Å². The van der Waals surface area contributed by atoms with Crippen LogP contribution in [0, 0.1) is 0 Å². The molecule has 9 nitrogen and oxygen atoms in total. The van der Waals surface area contributed by atoms with Gasteiger partial charge in [-0.1, -0.05) is 23.7 Å². The fraction of sp³-hybridized carbons (Fsp3) is 0.0870. The highest BCUT2D eigenvalue weighted by atomic mass is 35.5. The summed E-state index contributed by atoms with van der Waals surface area (Å²) in [6, 6.07) is 15.8. The molecule has 11 heteroatoms. The topological polar surface area (TPSA) is 156 Å². The fourth-order valence-electron chi connectivity index (χ4n) is 3.00. The Morgan fingerprint density at radius 2 is 1.59 bits per heavy atom. The van der Waals surface area contributed by atoms with E-state index in [-0.39, 0.29) is 39.6 Å². The molecule has 0 saturated heterocycles. The number of carboxylic acid groups (broad SMARTS) is 1. The van der Waals surface area contributed by atoms with Crippen molar-refractivity contribution in [2.75, 3.05) is 10.0 Å². The Bertz CT molecular complexity index is 1340. The van der Waals surface area contributed by atoms with Crippen LogP contribution in [0.25, 0.3) is 0 Å². The van der Waals surface area contributed by atoms with E-state index < -0.39 is 27.8 Å². The average molecular weight is 502 g/mol. The molecule has 5 N–H and O–H groups in total. The van der Waals surface area contributed by atoms with Gasteiger partial charge in [-0.2, -0.15) is 0 Å². The zero-order valence-electron chi connectivity index (χ0n) is 17.6. The maximum atomic E-state index is 12.9. The van der Waals surface area contributed by atoms with Gasteiger partial charge in [0.2, 0.25) is 5.91 Å². The highest BCUT2D eigenvalue weighted by molar-refractivity contribution is 7.92. The van der Waals surface area contributed by atoms with Crippen LogP contribution in [-0.2, 0) is 21.2 Å². The van der Waals surface area contributed by atoms with E-state index in [2.05, 4.69) is 10.0 Å². The number of rotatable bonds is 9. The van der Waals surface area contributed by atoms with E-state index in [1.54, 1.807) is 0 Å². The van der Waals surface area contributed by atoms with E-state index in [1.807, 2.05) is 0 Å². The van der Waals surface area contributed by atoms with Gasteiger partial charge < -0.3 is 16.2 Å². The number of sulfonamides is 1. The zero-order chi connectivity index (χ0) is 24.9. The number of hydrogen-bond donors (Lipinski definition) is 4. The Kier molecular flexibility index (Phi) is 7.54. The summed E-state index contributed by atoms with van der Waals surface area (Å²) in [5.41, 5.74) is 6.49. The van der Waals surface area contributed by atoms with Gasteiger partial charge in [-0.05, 0) is 66.6 Å². The predicted molar refractivity (Wildman–Crippen MR) is 128 cm³/mol. The number of carboxylic acids is 1. The van der Waals surface area contributed by atoms with Crippen LogP contribution in [0.4, 0.5) is 11.4 Å². The van der Waals surface area contributed by atoms with E-state index in [0.717, 1.165) is 0 Å². The van der Waals surface area contributed by atoms with Crippen LogP contribution in [0.5, 0.6) is 0 Å². The van der Waals surface area contributed by atoms with E-state index >= 15 is 0 Å². The summed E-state index contributed by atoms with van der Waals surface area (Å²) < 4.78 is 28.2. The van der Waals surface area contributed by atoms with Gasteiger partial charge in [0, 0.05) is 22.7 Å². The van der Waals surface area contributed by atoms with Crippen molar-refractivity contribution < 1.29 is 27.9 Å². The van der Waals surface area contributed by atoms with Crippen LogP contribution in [0.1, 0.15) is 32.7 Å². The van der Waals surface area contributed by atoms with Crippen LogP contribution in [0.2, 0.25) is 5.02 Å². The summed E-state index contributed by atoms with van der Waals surface area (Å²) in [5, 5.41) is 11.6. The number of nitrogens with one attached hydrogen (secondary N) is 2. The van der Waals surface area contributed by atoms with Crippen molar-refractivity contribution in [3.63, 3.8) is 0 Å². The van der Waals surface area contributed by atoms with Crippen LogP contribution in [0.3, 0.4) is 0 Å². The molecule has 0 aliphatic rings. The maximum absolute atomic E-state index is 12.9. The molecule has 3 rings (SSSR count). The number of carbonyl (C=O) groups excluding carboxylic acids is 2. The number of aliphatic carboxylic acids is 1. The molecule has 2 amide bonds. The first-order valence-electron chi connectivity index (χ1n) is 9.89. The highest BCUT2D eigenvalue weighted by Crippen LogP contribution is 2.25. The molecule has 3 aromatic rings. The highest BCUT2D eigenvalue weighted by Gasteiger charge is 2.20. The van der Waals surface area contributed by atoms with Crippen LogP contribution < -0.4 is 15.8 Å². The first kappa shape index (κ1) is 24.7. The second kappa shape index (κ2) is 10.4. The van der Waals surface area contributed by atoms with Gasteiger partial charge in [-0.15, -0.1) is 0 Å². The average Bonchev–Trinajstić information content (AvgIpc) is 2.79. The van der Waals surface area contributed by atoms with Crippen molar-refractivity contribution >= 4 is 50.8 Å². The van der Waals surface area contributed by atoms with Crippen molar-refractivity contribution in [1.29, 1.82) is 0 Å².